The van der Waals surface area contributed by atoms with E-state index < -0.39 is 21.8 Å². The Balaban J connectivity index is 2.77. The first-order chi connectivity index (χ1) is 9.81. The van der Waals surface area contributed by atoms with E-state index in [9.17, 15) is 13.2 Å². The summed E-state index contributed by atoms with van der Waals surface area (Å²) in [5.74, 6) is -1.13. The van der Waals surface area contributed by atoms with Crippen LogP contribution >= 0.6 is 0 Å². The van der Waals surface area contributed by atoms with Crippen LogP contribution in [0.3, 0.4) is 0 Å². The van der Waals surface area contributed by atoms with Crippen LogP contribution in [0.5, 0.6) is 0 Å². The number of benzene rings is 1. The molecule has 1 aromatic carbocycles. The van der Waals surface area contributed by atoms with Crippen LogP contribution in [0.15, 0.2) is 29.2 Å². The van der Waals surface area contributed by atoms with Crippen molar-refractivity contribution in [2.45, 2.75) is 24.3 Å². The van der Waals surface area contributed by atoms with Gasteiger partial charge in [-0.2, -0.15) is 5.26 Å². The van der Waals surface area contributed by atoms with Crippen LogP contribution in [0.4, 0.5) is 0 Å². The van der Waals surface area contributed by atoms with Gasteiger partial charge in [-0.15, -0.1) is 0 Å². The third-order valence-corrected chi connectivity index (χ3v) is 4.97. The summed E-state index contributed by atoms with van der Waals surface area (Å²) >= 11 is 0. The summed E-state index contributed by atoms with van der Waals surface area (Å²) in [6.07, 6.45) is 0.406. The minimum Gasteiger partial charge on any atom is -0.480 e. The van der Waals surface area contributed by atoms with E-state index in [2.05, 4.69) is 0 Å². The topological polar surface area (TPSA) is 98.5 Å². The fourth-order valence-corrected chi connectivity index (χ4v) is 3.26. The van der Waals surface area contributed by atoms with Crippen molar-refractivity contribution in [3.63, 3.8) is 0 Å². The minimum absolute atomic E-state index is 0.132. The summed E-state index contributed by atoms with van der Waals surface area (Å²) < 4.78 is 24.3. The molecule has 0 saturated carbocycles. The summed E-state index contributed by atoms with van der Waals surface area (Å²) in [7, 11) is -1.90. The van der Waals surface area contributed by atoms with Gasteiger partial charge < -0.3 is 5.11 Å². The summed E-state index contributed by atoms with van der Waals surface area (Å²) in [6.45, 7) is 1.87. The zero-order chi connectivity index (χ0) is 16.0. The van der Waals surface area contributed by atoms with Gasteiger partial charge in [0.05, 0.1) is 22.3 Å². The van der Waals surface area contributed by atoms with Crippen LogP contribution < -0.4 is 0 Å². The molecule has 114 valence electrons. The molecule has 1 atom stereocenters. The van der Waals surface area contributed by atoms with Gasteiger partial charge in [-0.3, -0.25) is 9.69 Å². The number of carboxylic acids is 1. The van der Waals surface area contributed by atoms with Crippen LogP contribution in [0.2, 0.25) is 0 Å². The Kier molecular flexibility index (Phi) is 5.88. The Labute approximate surface area is 124 Å². The van der Waals surface area contributed by atoms with Crippen LogP contribution in [0, 0.1) is 11.3 Å². The second-order valence-corrected chi connectivity index (χ2v) is 6.81. The number of carboxylic acid groups (broad SMARTS) is 1. The molecule has 0 radical (unpaired) electrons. The van der Waals surface area contributed by atoms with Gasteiger partial charge in [0, 0.05) is 6.54 Å². The van der Waals surface area contributed by atoms with Crippen molar-refractivity contribution in [1.82, 2.24) is 4.90 Å². The molecule has 21 heavy (non-hydrogen) atoms. The van der Waals surface area contributed by atoms with E-state index in [1.807, 2.05) is 6.07 Å². The Morgan fingerprint density at radius 3 is 2.38 bits per heavy atom. The van der Waals surface area contributed by atoms with Crippen LogP contribution in [-0.4, -0.2) is 49.8 Å². The first-order valence-corrected chi connectivity index (χ1v) is 8.13. The van der Waals surface area contributed by atoms with Gasteiger partial charge in [0.25, 0.3) is 0 Å². The second-order valence-electron chi connectivity index (χ2n) is 4.70. The predicted octanol–water partition coefficient (Wildman–Crippen LogP) is 1.13. The van der Waals surface area contributed by atoms with Gasteiger partial charge in [0.2, 0.25) is 0 Å². The van der Waals surface area contributed by atoms with Crippen LogP contribution in [-0.2, 0) is 14.6 Å². The van der Waals surface area contributed by atoms with Crippen molar-refractivity contribution in [2.75, 3.05) is 19.3 Å². The number of likely N-dealkylation sites (N-methyl/N-ethyl adjacent to an activating group) is 1. The number of nitrogens with zero attached hydrogens (tertiary/aromatic N) is 2. The normalized spacial score (nSPS) is 12.9. The molecule has 0 bridgehead atoms. The molecule has 1 unspecified atom stereocenters. The molecular formula is C14H18N2O4S. The third kappa shape index (κ3) is 4.55. The van der Waals surface area contributed by atoms with Gasteiger partial charge in [0.1, 0.15) is 6.04 Å². The smallest absolute Gasteiger partial charge is 0.320 e. The molecule has 6 nitrogen and oxygen atoms in total. The highest BCUT2D eigenvalue weighted by Crippen LogP contribution is 2.13. The van der Waals surface area contributed by atoms with Crippen molar-refractivity contribution in [3.8, 4) is 6.07 Å². The van der Waals surface area contributed by atoms with E-state index in [4.69, 9.17) is 10.4 Å². The van der Waals surface area contributed by atoms with E-state index in [-0.39, 0.29) is 17.2 Å². The van der Waals surface area contributed by atoms with Crippen molar-refractivity contribution in [2.24, 2.45) is 0 Å². The highest BCUT2D eigenvalue weighted by atomic mass is 32.2. The highest BCUT2D eigenvalue weighted by molar-refractivity contribution is 7.91. The lowest BCUT2D eigenvalue weighted by Crippen LogP contribution is -2.40. The fourth-order valence-electron chi connectivity index (χ4n) is 1.95. The van der Waals surface area contributed by atoms with E-state index >= 15 is 0 Å². The average molecular weight is 310 g/mol. The molecule has 0 spiro atoms. The molecule has 1 aromatic rings. The molecule has 1 rings (SSSR count). The summed E-state index contributed by atoms with van der Waals surface area (Å²) in [5.41, 5.74) is 0.392. The molecule has 7 heteroatoms. The molecule has 0 aliphatic rings. The summed E-state index contributed by atoms with van der Waals surface area (Å²) in [4.78, 5) is 12.7. The number of hydrogen-bond acceptors (Lipinski definition) is 5. The Morgan fingerprint density at radius 2 is 1.95 bits per heavy atom. The maximum Gasteiger partial charge on any atom is 0.320 e. The standard InChI is InChI=1S/C14H18N2O4S/c1-3-13(14(17)18)16(2)8-9-21(19,20)12-6-4-11(10-15)5-7-12/h4-7,13H,3,8-9H2,1-2H3,(H,17,18). The van der Waals surface area contributed by atoms with Crippen molar-refractivity contribution < 1.29 is 18.3 Å². The zero-order valence-electron chi connectivity index (χ0n) is 12.0. The van der Waals surface area contributed by atoms with Gasteiger partial charge >= 0.3 is 5.97 Å². The van der Waals surface area contributed by atoms with Gasteiger partial charge in [-0.25, -0.2) is 8.42 Å². The van der Waals surface area contributed by atoms with Crippen LogP contribution in [0.25, 0.3) is 0 Å². The quantitative estimate of drug-likeness (QED) is 0.810. The lowest BCUT2D eigenvalue weighted by atomic mass is 10.2. The molecule has 0 aromatic heterocycles. The second kappa shape index (κ2) is 7.20. The fraction of sp³-hybridized carbons (Fsp3) is 0.429. The number of nitriles is 1. The lowest BCUT2D eigenvalue weighted by Gasteiger charge is -2.23. The van der Waals surface area contributed by atoms with Crippen LogP contribution in [0.1, 0.15) is 18.9 Å². The lowest BCUT2D eigenvalue weighted by molar-refractivity contribution is -0.142. The largest absolute Gasteiger partial charge is 0.480 e. The summed E-state index contributed by atoms with van der Waals surface area (Å²) in [5, 5.41) is 17.7. The maximum atomic E-state index is 12.2. The number of hydrogen-bond donors (Lipinski definition) is 1. The number of rotatable bonds is 7. The molecule has 0 fully saturated rings. The first kappa shape index (κ1) is 17.1. The molecule has 0 aliphatic carbocycles. The van der Waals surface area contributed by atoms with E-state index in [1.54, 1.807) is 14.0 Å². The molecular weight excluding hydrogens is 292 g/mol. The Bertz CT molecular complexity index is 632. The Morgan fingerprint density at radius 1 is 1.38 bits per heavy atom. The van der Waals surface area contributed by atoms with Crippen molar-refractivity contribution in [3.05, 3.63) is 29.8 Å². The highest BCUT2D eigenvalue weighted by Gasteiger charge is 2.22. The minimum atomic E-state index is -3.49. The molecule has 0 aliphatic heterocycles. The molecule has 0 saturated heterocycles. The van der Waals surface area contributed by atoms with Crippen molar-refractivity contribution >= 4 is 15.8 Å². The predicted molar refractivity (Wildman–Crippen MR) is 77.6 cm³/mol. The molecule has 0 amide bonds. The Hall–Kier alpha value is -1.91. The van der Waals surface area contributed by atoms with E-state index in [1.165, 1.54) is 29.2 Å². The number of carbonyl (C=O) groups is 1. The maximum absolute atomic E-state index is 12.2. The van der Waals surface area contributed by atoms with Gasteiger partial charge in [0.15, 0.2) is 9.84 Å². The third-order valence-electron chi connectivity index (χ3n) is 3.26. The van der Waals surface area contributed by atoms with Gasteiger partial charge in [-0.1, -0.05) is 6.92 Å². The molecule has 0 heterocycles. The average Bonchev–Trinajstić information content (AvgIpc) is 2.45. The van der Waals surface area contributed by atoms with E-state index in [0.29, 0.717) is 12.0 Å². The molecule has 1 N–H and O–H groups in total. The van der Waals surface area contributed by atoms with E-state index in [0.717, 1.165) is 0 Å². The zero-order valence-corrected chi connectivity index (χ0v) is 12.8. The number of sulfone groups is 1. The first-order valence-electron chi connectivity index (χ1n) is 6.47. The monoisotopic (exact) mass is 310 g/mol. The number of aliphatic carboxylic acids is 1. The SMILES string of the molecule is CCC(C(=O)O)N(C)CCS(=O)(=O)c1ccc(C#N)cc1. The summed E-state index contributed by atoms with van der Waals surface area (Å²) in [6, 6.07) is 6.91. The van der Waals surface area contributed by atoms with Crippen molar-refractivity contribution in [1.29, 1.82) is 5.26 Å². The van der Waals surface area contributed by atoms with Gasteiger partial charge in [-0.05, 0) is 37.7 Å².